The van der Waals surface area contributed by atoms with Crippen molar-refractivity contribution in [1.29, 1.82) is 0 Å². The molecule has 1 heterocycles. The molecule has 0 radical (unpaired) electrons. The Balaban J connectivity index is 1.62. The van der Waals surface area contributed by atoms with Gasteiger partial charge in [0, 0.05) is 19.0 Å². The van der Waals surface area contributed by atoms with Crippen molar-refractivity contribution in [2.45, 2.75) is 25.2 Å². The zero-order chi connectivity index (χ0) is 15.9. The third-order valence-corrected chi connectivity index (χ3v) is 5.48. The van der Waals surface area contributed by atoms with Crippen LogP contribution in [0.3, 0.4) is 0 Å². The number of carboxylic acid groups (broad SMARTS) is 1. The number of rotatable bonds is 3. The number of hydrogen-bond donors (Lipinski definition) is 1. The molecule has 1 amide bonds. The SMILES string of the molecule is O=C(O)C1CCN(C(=O)[C@H]2C[C@@H]2c2cccc(Cl)c2Cl)CC1. The number of halogens is 2. The van der Waals surface area contributed by atoms with Gasteiger partial charge in [-0.1, -0.05) is 35.3 Å². The molecule has 0 spiro atoms. The summed E-state index contributed by atoms with van der Waals surface area (Å²) in [6.07, 6.45) is 1.87. The normalized spacial score (nSPS) is 25.1. The van der Waals surface area contributed by atoms with E-state index in [1.54, 1.807) is 11.0 Å². The van der Waals surface area contributed by atoms with Crippen LogP contribution in [0.1, 0.15) is 30.7 Å². The van der Waals surface area contributed by atoms with E-state index in [-0.39, 0.29) is 23.7 Å². The summed E-state index contributed by atoms with van der Waals surface area (Å²) >= 11 is 12.2. The lowest BCUT2D eigenvalue weighted by atomic mass is 9.96. The third-order valence-electron chi connectivity index (χ3n) is 4.64. The number of carbonyl (C=O) groups excluding carboxylic acids is 1. The average molecular weight is 342 g/mol. The van der Waals surface area contributed by atoms with Crippen molar-refractivity contribution < 1.29 is 14.7 Å². The number of carboxylic acids is 1. The summed E-state index contributed by atoms with van der Waals surface area (Å²) in [7, 11) is 0. The van der Waals surface area contributed by atoms with Gasteiger partial charge in [0.1, 0.15) is 0 Å². The van der Waals surface area contributed by atoms with Crippen molar-refractivity contribution in [3.05, 3.63) is 33.8 Å². The van der Waals surface area contributed by atoms with Crippen molar-refractivity contribution in [2.75, 3.05) is 13.1 Å². The average Bonchev–Trinajstić information content (AvgIpc) is 3.30. The van der Waals surface area contributed by atoms with Crippen molar-refractivity contribution in [2.24, 2.45) is 11.8 Å². The quantitative estimate of drug-likeness (QED) is 0.916. The Bertz CT molecular complexity index is 611. The van der Waals surface area contributed by atoms with E-state index in [1.165, 1.54) is 0 Å². The zero-order valence-electron chi connectivity index (χ0n) is 12.0. The Kier molecular flexibility index (Phi) is 4.33. The predicted octanol–water partition coefficient (Wildman–Crippen LogP) is 3.42. The van der Waals surface area contributed by atoms with Gasteiger partial charge in [0.2, 0.25) is 5.91 Å². The van der Waals surface area contributed by atoms with E-state index in [1.807, 2.05) is 12.1 Å². The number of hydrogen-bond acceptors (Lipinski definition) is 2. The van der Waals surface area contributed by atoms with Crippen LogP contribution in [0, 0.1) is 11.8 Å². The van der Waals surface area contributed by atoms with Gasteiger partial charge in [-0.25, -0.2) is 0 Å². The van der Waals surface area contributed by atoms with E-state index in [4.69, 9.17) is 28.3 Å². The summed E-state index contributed by atoms with van der Waals surface area (Å²) < 4.78 is 0. The topological polar surface area (TPSA) is 57.6 Å². The minimum Gasteiger partial charge on any atom is -0.481 e. The standard InChI is InChI=1S/C16H17Cl2NO3/c17-13-3-1-2-10(14(13)18)11-8-12(11)15(20)19-6-4-9(5-7-19)16(21)22/h1-3,9,11-12H,4-8H2,(H,21,22)/t11-,12+/m1/s1. The predicted molar refractivity (Wildman–Crippen MR) is 84.2 cm³/mol. The van der Waals surface area contributed by atoms with Crippen molar-refractivity contribution >= 4 is 35.1 Å². The van der Waals surface area contributed by atoms with Crippen molar-refractivity contribution in [3.8, 4) is 0 Å². The molecule has 0 unspecified atom stereocenters. The Labute approximate surface area is 139 Å². The summed E-state index contributed by atoms with van der Waals surface area (Å²) in [6.45, 7) is 1.06. The fourth-order valence-electron chi connectivity index (χ4n) is 3.20. The minimum atomic E-state index is -0.762. The summed E-state index contributed by atoms with van der Waals surface area (Å²) in [5, 5.41) is 10.1. The Morgan fingerprint density at radius 3 is 2.50 bits per heavy atom. The highest BCUT2D eigenvalue weighted by atomic mass is 35.5. The number of aliphatic carboxylic acids is 1. The molecule has 118 valence electrons. The zero-order valence-corrected chi connectivity index (χ0v) is 13.5. The van der Waals surface area contributed by atoms with Gasteiger partial charge in [0.15, 0.2) is 0 Å². The minimum absolute atomic E-state index is 0.0441. The fraction of sp³-hybridized carbons (Fsp3) is 0.500. The van der Waals surface area contributed by atoms with Gasteiger partial charge in [0.25, 0.3) is 0 Å². The number of carbonyl (C=O) groups is 2. The molecule has 0 aromatic heterocycles. The highest BCUT2D eigenvalue weighted by Crippen LogP contribution is 2.51. The summed E-state index contributed by atoms with van der Waals surface area (Å²) in [6, 6.07) is 5.51. The van der Waals surface area contributed by atoms with Crippen LogP contribution in [0.25, 0.3) is 0 Å². The fourth-order valence-corrected chi connectivity index (χ4v) is 3.65. The number of benzene rings is 1. The maximum Gasteiger partial charge on any atom is 0.306 e. The van der Waals surface area contributed by atoms with Crippen LogP contribution in [-0.2, 0) is 9.59 Å². The lowest BCUT2D eigenvalue weighted by molar-refractivity contribution is -0.146. The van der Waals surface area contributed by atoms with E-state index in [9.17, 15) is 9.59 Å². The van der Waals surface area contributed by atoms with Gasteiger partial charge in [-0.05, 0) is 36.8 Å². The van der Waals surface area contributed by atoms with Crippen molar-refractivity contribution in [3.63, 3.8) is 0 Å². The second-order valence-electron chi connectivity index (χ2n) is 6.03. The van der Waals surface area contributed by atoms with E-state index in [2.05, 4.69) is 0 Å². The molecule has 1 aromatic carbocycles. The summed E-state index contributed by atoms with van der Waals surface area (Å²) in [5.41, 5.74) is 0.938. The molecule has 1 aliphatic heterocycles. The van der Waals surface area contributed by atoms with Crippen LogP contribution in [0.4, 0.5) is 0 Å². The maximum atomic E-state index is 12.5. The first-order valence-electron chi connectivity index (χ1n) is 7.44. The molecular weight excluding hydrogens is 325 g/mol. The Morgan fingerprint density at radius 2 is 1.86 bits per heavy atom. The first kappa shape index (κ1) is 15.6. The lowest BCUT2D eigenvalue weighted by Gasteiger charge is -2.30. The van der Waals surface area contributed by atoms with Crippen LogP contribution in [0.15, 0.2) is 18.2 Å². The van der Waals surface area contributed by atoms with Crippen LogP contribution in [-0.4, -0.2) is 35.0 Å². The second-order valence-corrected chi connectivity index (χ2v) is 6.81. The van der Waals surface area contributed by atoms with Gasteiger partial charge in [-0.2, -0.15) is 0 Å². The molecule has 4 nitrogen and oxygen atoms in total. The molecule has 3 rings (SSSR count). The molecule has 2 aliphatic rings. The molecule has 6 heteroatoms. The third kappa shape index (κ3) is 2.95. The van der Waals surface area contributed by atoms with Gasteiger partial charge in [-0.3, -0.25) is 9.59 Å². The molecule has 2 atom stereocenters. The summed E-state index contributed by atoms with van der Waals surface area (Å²) in [4.78, 5) is 25.3. The molecule has 1 saturated carbocycles. The van der Waals surface area contributed by atoms with Gasteiger partial charge >= 0.3 is 5.97 Å². The van der Waals surface area contributed by atoms with Crippen molar-refractivity contribution in [1.82, 2.24) is 4.90 Å². The monoisotopic (exact) mass is 341 g/mol. The smallest absolute Gasteiger partial charge is 0.306 e. The van der Waals surface area contributed by atoms with Gasteiger partial charge in [-0.15, -0.1) is 0 Å². The molecular formula is C16H17Cl2NO3. The summed E-state index contributed by atoms with van der Waals surface area (Å²) in [5.74, 6) is -0.873. The van der Waals surface area contributed by atoms with E-state index in [0.29, 0.717) is 36.0 Å². The molecule has 1 N–H and O–H groups in total. The highest BCUT2D eigenvalue weighted by Gasteiger charge is 2.47. The number of amides is 1. The van der Waals surface area contributed by atoms with Gasteiger partial charge in [0.05, 0.1) is 16.0 Å². The second kappa shape index (κ2) is 6.09. The van der Waals surface area contributed by atoms with Gasteiger partial charge < -0.3 is 10.0 Å². The molecule has 1 aromatic rings. The van der Waals surface area contributed by atoms with Crippen LogP contribution in [0.2, 0.25) is 10.0 Å². The number of nitrogens with zero attached hydrogens (tertiary/aromatic N) is 1. The van der Waals surface area contributed by atoms with E-state index < -0.39 is 5.97 Å². The molecule has 0 bridgehead atoms. The highest BCUT2D eigenvalue weighted by molar-refractivity contribution is 6.42. The Morgan fingerprint density at radius 1 is 1.18 bits per heavy atom. The molecule has 1 saturated heterocycles. The first-order valence-corrected chi connectivity index (χ1v) is 8.20. The molecule has 1 aliphatic carbocycles. The van der Waals surface area contributed by atoms with E-state index >= 15 is 0 Å². The Hall–Kier alpha value is -1.26. The van der Waals surface area contributed by atoms with Crippen LogP contribution >= 0.6 is 23.2 Å². The maximum absolute atomic E-state index is 12.5. The number of likely N-dealkylation sites (tertiary alicyclic amines) is 1. The number of piperidine rings is 1. The molecule has 22 heavy (non-hydrogen) atoms. The lowest BCUT2D eigenvalue weighted by Crippen LogP contribution is -2.41. The molecule has 2 fully saturated rings. The van der Waals surface area contributed by atoms with E-state index in [0.717, 1.165) is 12.0 Å². The van der Waals surface area contributed by atoms with Crippen LogP contribution < -0.4 is 0 Å². The van der Waals surface area contributed by atoms with Crippen LogP contribution in [0.5, 0.6) is 0 Å². The largest absolute Gasteiger partial charge is 0.481 e. The first-order chi connectivity index (χ1) is 10.5.